The Morgan fingerprint density at radius 2 is 1.65 bits per heavy atom. The maximum atomic E-state index is 10.9. The zero-order valence-electron chi connectivity index (χ0n) is 10.0. The third-order valence-electron chi connectivity index (χ3n) is 3.24. The van der Waals surface area contributed by atoms with E-state index in [0.29, 0.717) is 11.7 Å². The highest BCUT2D eigenvalue weighted by molar-refractivity contribution is 5.92. The average Bonchev–Trinajstić information content (AvgIpc) is 2.58. The van der Waals surface area contributed by atoms with Gasteiger partial charge < -0.3 is 10.5 Å². The van der Waals surface area contributed by atoms with Gasteiger partial charge in [0.1, 0.15) is 5.75 Å². The summed E-state index contributed by atoms with van der Waals surface area (Å²) in [6.07, 6.45) is 7.75. The first-order valence-electron chi connectivity index (χ1n) is 6.32. The number of benzene rings is 1. The number of hydrogen-bond donors (Lipinski definition) is 1. The van der Waals surface area contributed by atoms with Gasteiger partial charge in [0.05, 0.1) is 6.10 Å². The highest BCUT2D eigenvalue weighted by atomic mass is 16.5. The number of amides is 1. The molecule has 0 unspecified atom stereocenters. The molecule has 2 N–H and O–H groups in total. The predicted octanol–water partition coefficient (Wildman–Crippen LogP) is 2.89. The van der Waals surface area contributed by atoms with Gasteiger partial charge in [0, 0.05) is 5.56 Å². The Balaban J connectivity index is 1.95. The molecule has 0 saturated heterocycles. The summed E-state index contributed by atoms with van der Waals surface area (Å²) in [5, 5.41) is 0. The molecule has 0 aliphatic heterocycles. The summed E-state index contributed by atoms with van der Waals surface area (Å²) < 4.78 is 5.92. The minimum atomic E-state index is -0.397. The van der Waals surface area contributed by atoms with Gasteiger partial charge in [0.2, 0.25) is 5.91 Å². The van der Waals surface area contributed by atoms with E-state index in [9.17, 15) is 4.79 Å². The largest absolute Gasteiger partial charge is 0.490 e. The van der Waals surface area contributed by atoms with Crippen LogP contribution < -0.4 is 10.5 Å². The number of primary amides is 1. The SMILES string of the molecule is NC(=O)c1ccc(OC2CCCCCC2)cc1. The number of carbonyl (C=O) groups excluding carboxylic acids is 1. The van der Waals surface area contributed by atoms with Gasteiger partial charge in [-0.3, -0.25) is 4.79 Å². The maximum Gasteiger partial charge on any atom is 0.248 e. The molecule has 1 aromatic rings. The van der Waals surface area contributed by atoms with E-state index >= 15 is 0 Å². The summed E-state index contributed by atoms with van der Waals surface area (Å²) in [4.78, 5) is 10.9. The van der Waals surface area contributed by atoms with Crippen molar-refractivity contribution in [1.82, 2.24) is 0 Å². The second-order valence-corrected chi connectivity index (χ2v) is 4.62. The van der Waals surface area contributed by atoms with E-state index in [4.69, 9.17) is 10.5 Å². The molecular formula is C14H19NO2. The Morgan fingerprint density at radius 3 is 2.18 bits per heavy atom. The van der Waals surface area contributed by atoms with E-state index in [1.165, 1.54) is 25.7 Å². The monoisotopic (exact) mass is 233 g/mol. The van der Waals surface area contributed by atoms with Crippen molar-refractivity contribution in [2.24, 2.45) is 5.73 Å². The van der Waals surface area contributed by atoms with E-state index in [0.717, 1.165) is 18.6 Å². The molecule has 1 fully saturated rings. The Kier molecular flexibility index (Phi) is 4.02. The standard InChI is InChI=1S/C14H19NO2/c15-14(16)11-7-9-13(10-8-11)17-12-5-3-1-2-4-6-12/h7-10,12H,1-6H2,(H2,15,16). The number of rotatable bonds is 3. The fourth-order valence-corrected chi connectivity index (χ4v) is 2.25. The molecule has 3 heteroatoms. The molecule has 0 radical (unpaired) electrons. The topological polar surface area (TPSA) is 52.3 Å². The number of nitrogens with two attached hydrogens (primary N) is 1. The molecule has 0 atom stereocenters. The van der Waals surface area contributed by atoms with Gasteiger partial charge in [0.25, 0.3) is 0 Å². The molecule has 0 aromatic heterocycles. The second kappa shape index (κ2) is 5.71. The van der Waals surface area contributed by atoms with Gasteiger partial charge in [-0.1, -0.05) is 12.8 Å². The first-order valence-corrected chi connectivity index (χ1v) is 6.32. The van der Waals surface area contributed by atoms with Crippen LogP contribution in [0.25, 0.3) is 0 Å². The van der Waals surface area contributed by atoms with Crippen LogP contribution in [0, 0.1) is 0 Å². The Labute approximate surface area is 102 Å². The minimum absolute atomic E-state index is 0.330. The van der Waals surface area contributed by atoms with Crippen LogP contribution in [0.1, 0.15) is 48.9 Å². The third-order valence-corrected chi connectivity index (χ3v) is 3.24. The van der Waals surface area contributed by atoms with Crippen LogP contribution in [-0.2, 0) is 0 Å². The Morgan fingerprint density at radius 1 is 1.06 bits per heavy atom. The van der Waals surface area contributed by atoms with E-state index < -0.39 is 5.91 Å². The molecular weight excluding hydrogens is 214 g/mol. The zero-order valence-corrected chi connectivity index (χ0v) is 10.0. The van der Waals surface area contributed by atoms with Crippen LogP contribution in [0.2, 0.25) is 0 Å². The van der Waals surface area contributed by atoms with Crippen molar-refractivity contribution in [3.63, 3.8) is 0 Å². The summed E-state index contributed by atoms with van der Waals surface area (Å²) in [5.74, 6) is 0.438. The summed E-state index contributed by atoms with van der Waals surface area (Å²) in [7, 11) is 0. The highest BCUT2D eigenvalue weighted by Gasteiger charge is 2.13. The van der Waals surface area contributed by atoms with Crippen molar-refractivity contribution in [2.75, 3.05) is 0 Å². The van der Waals surface area contributed by atoms with E-state index in [1.807, 2.05) is 12.1 Å². The molecule has 2 rings (SSSR count). The molecule has 0 heterocycles. The summed E-state index contributed by atoms with van der Waals surface area (Å²) in [6, 6.07) is 7.08. The Bertz CT molecular complexity index is 364. The molecule has 1 saturated carbocycles. The molecule has 1 amide bonds. The first-order chi connectivity index (χ1) is 8.25. The van der Waals surface area contributed by atoms with Crippen LogP contribution in [0.3, 0.4) is 0 Å². The summed E-state index contributed by atoms with van der Waals surface area (Å²) in [5.41, 5.74) is 5.72. The Hall–Kier alpha value is -1.51. The molecule has 17 heavy (non-hydrogen) atoms. The maximum absolute atomic E-state index is 10.9. The average molecular weight is 233 g/mol. The van der Waals surface area contributed by atoms with Gasteiger partial charge >= 0.3 is 0 Å². The predicted molar refractivity (Wildman–Crippen MR) is 67.1 cm³/mol. The lowest BCUT2D eigenvalue weighted by atomic mass is 10.1. The van der Waals surface area contributed by atoms with Crippen molar-refractivity contribution in [1.29, 1.82) is 0 Å². The van der Waals surface area contributed by atoms with Gasteiger partial charge in [0.15, 0.2) is 0 Å². The van der Waals surface area contributed by atoms with Crippen molar-refractivity contribution in [3.8, 4) is 5.75 Å². The van der Waals surface area contributed by atoms with E-state index in [-0.39, 0.29) is 0 Å². The zero-order chi connectivity index (χ0) is 12.1. The van der Waals surface area contributed by atoms with Crippen LogP contribution in [0.5, 0.6) is 5.75 Å². The lowest BCUT2D eigenvalue weighted by Gasteiger charge is -2.16. The normalized spacial score (nSPS) is 17.4. The summed E-state index contributed by atoms with van der Waals surface area (Å²) in [6.45, 7) is 0. The van der Waals surface area contributed by atoms with Crippen LogP contribution in [0.4, 0.5) is 0 Å². The number of hydrogen-bond acceptors (Lipinski definition) is 2. The van der Waals surface area contributed by atoms with Gasteiger partial charge in [-0.2, -0.15) is 0 Å². The molecule has 3 nitrogen and oxygen atoms in total. The van der Waals surface area contributed by atoms with Crippen molar-refractivity contribution >= 4 is 5.91 Å². The van der Waals surface area contributed by atoms with Crippen molar-refractivity contribution in [2.45, 2.75) is 44.6 Å². The molecule has 0 bridgehead atoms. The summed E-state index contributed by atoms with van der Waals surface area (Å²) >= 11 is 0. The molecule has 1 aliphatic carbocycles. The van der Waals surface area contributed by atoms with Gasteiger partial charge in [-0.25, -0.2) is 0 Å². The van der Waals surface area contributed by atoms with Crippen LogP contribution in [-0.4, -0.2) is 12.0 Å². The third kappa shape index (κ3) is 3.48. The van der Waals surface area contributed by atoms with Crippen LogP contribution >= 0.6 is 0 Å². The minimum Gasteiger partial charge on any atom is -0.490 e. The van der Waals surface area contributed by atoms with Crippen LogP contribution in [0.15, 0.2) is 24.3 Å². The van der Waals surface area contributed by atoms with Gasteiger partial charge in [-0.05, 0) is 49.9 Å². The highest BCUT2D eigenvalue weighted by Crippen LogP contribution is 2.22. The van der Waals surface area contributed by atoms with Crippen molar-refractivity contribution in [3.05, 3.63) is 29.8 Å². The van der Waals surface area contributed by atoms with E-state index in [1.54, 1.807) is 12.1 Å². The molecule has 1 aliphatic rings. The molecule has 0 spiro atoms. The van der Waals surface area contributed by atoms with E-state index in [2.05, 4.69) is 0 Å². The number of ether oxygens (including phenoxy) is 1. The lowest BCUT2D eigenvalue weighted by molar-refractivity contribution is 0.1000. The first kappa shape index (κ1) is 12.0. The quantitative estimate of drug-likeness (QED) is 0.816. The smallest absolute Gasteiger partial charge is 0.248 e. The fourth-order valence-electron chi connectivity index (χ4n) is 2.25. The number of carbonyl (C=O) groups is 1. The van der Waals surface area contributed by atoms with Crippen molar-refractivity contribution < 1.29 is 9.53 Å². The second-order valence-electron chi connectivity index (χ2n) is 4.62. The van der Waals surface area contributed by atoms with Gasteiger partial charge in [-0.15, -0.1) is 0 Å². The fraction of sp³-hybridized carbons (Fsp3) is 0.500. The molecule has 1 aromatic carbocycles. The lowest BCUT2D eigenvalue weighted by Crippen LogP contribution is -2.15. The molecule has 92 valence electrons.